The molecule has 2 heterocycles. The van der Waals surface area contributed by atoms with Crippen LogP contribution in [0.15, 0.2) is 0 Å². The van der Waals surface area contributed by atoms with Gasteiger partial charge in [0.15, 0.2) is 0 Å². The molecule has 0 spiro atoms. The minimum absolute atomic E-state index is 0.0239. The molecular weight excluding hydrogens is 316 g/mol. The first-order chi connectivity index (χ1) is 11.4. The number of rotatable bonds is 4. The highest BCUT2D eigenvalue weighted by atomic mass is 19.3. The first kappa shape index (κ1) is 17.6. The van der Waals surface area contributed by atoms with E-state index in [1.165, 1.54) is 12.8 Å². The number of hydrogen-bond donors (Lipinski definition) is 1. The third kappa shape index (κ3) is 4.43. The van der Waals surface area contributed by atoms with E-state index >= 15 is 0 Å². The number of carbonyl (C=O) groups excluding carboxylic acids is 2. The Kier molecular flexibility index (Phi) is 5.37. The molecule has 24 heavy (non-hydrogen) atoms. The number of piperidine rings is 1. The lowest BCUT2D eigenvalue weighted by Gasteiger charge is -2.33. The van der Waals surface area contributed by atoms with Crippen LogP contribution in [0.5, 0.6) is 0 Å². The zero-order chi connectivity index (χ0) is 17.2. The van der Waals surface area contributed by atoms with Crippen molar-refractivity contribution in [3.63, 3.8) is 0 Å². The van der Waals surface area contributed by atoms with Gasteiger partial charge in [-0.25, -0.2) is 8.78 Å². The topological polar surface area (TPSA) is 52.7 Å². The van der Waals surface area contributed by atoms with Crippen LogP contribution in [0.1, 0.15) is 44.9 Å². The second-order valence-corrected chi connectivity index (χ2v) is 7.45. The fourth-order valence-corrected chi connectivity index (χ4v) is 4.04. The van der Waals surface area contributed by atoms with Gasteiger partial charge < -0.3 is 10.2 Å². The molecule has 0 bridgehead atoms. The van der Waals surface area contributed by atoms with Crippen molar-refractivity contribution in [1.82, 2.24) is 15.1 Å². The molecule has 1 atom stereocenters. The van der Waals surface area contributed by atoms with Gasteiger partial charge in [-0.05, 0) is 25.8 Å². The van der Waals surface area contributed by atoms with Crippen LogP contribution in [0, 0.1) is 5.92 Å². The summed E-state index contributed by atoms with van der Waals surface area (Å²) in [6.07, 6.45) is 4.72. The molecular formula is C17H27F2N3O2. The number of halogens is 2. The van der Waals surface area contributed by atoms with E-state index in [9.17, 15) is 18.4 Å². The van der Waals surface area contributed by atoms with Gasteiger partial charge in [-0.2, -0.15) is 0 Å². The van der Waals surface area contributed by atoms with Gasteiger partial charge in [-0.1, -0.05) is 12.8 Å². The van der Waals surface area contributed by atoms with Crippen molar-refractivity contribution >= 4 is 11.8 Å². The first-order valence-corrected chi connectivity index (χ1v) is 9.11. The highest BCUT2D eigenvalue weighted by molar-refractivity contribution is 5.80. The third-order valence-electron chi connectivity index (χ3n) is 5.52. The normalized spacial score (nSPS) is 28.2. The van der Waals surface area contributed by atoms with Crippen molar-refractivity contribution in [1.29, 1.82) is 0 Å². The molecule has 1 aliphatic carbocycles. The van der Waals surface area contributed by atoms with Gasteiger partial charge in [0.25, 0.3) is 5.92 Å². The second-order valence-electron chi connectivity index (χ2n) is 7.45. The molecule has 3 fully saturated rings. The van der Waals surface area contributed by atoms with Crippen LogP contribution in [-0.4, -0.2) is 66.3 Å². The van der Waals surface area contributed by atoms with Crippen LogP contribution < -0.4 is 5.32 Å². The molecule has 1 N–H and O–H groups in total. The second kappa shape index (κ2) is 7.33. The fraction of sp³-hybridized carbons (Fsp3) is 0.882. The summed E-state index contributed by atoms with van der Waals surface area (Å²) in [6.45, 7) is 1.90. The molecule has 2 aliphatic heterocycles. The van der Waals surface area contributed by atoms with Gasteiger partial charge in [0.2, 0.25) is 11.8 Å². The molecule has 2 amide bonds. The van der Waals surface area contributed by atoms with Gasteiger partial charge >= 0.3 is 0 Å². The van der Waals surface area contributed by atoms with E-state index in [1.54, 1.807) is 4.90 Å². The summed E-state index contributed by atoms with van der Waals surface area (Å²) < 4.78 is 26.4. The molecule has 3 rings (SSSR count). The van der Waals surface area contributed by atoms with Crippen LogP contribution in [0.3, 0.4) is 0 Å². The zero-order valence-corrected chi connectivity index (χ0v) is 14.1. The fourth-order valence-electron chi connectivity index (χ4n) is 4.04. The molecule has 0 aromatic rings. The monoisotopic (exact) mass is 343 g/mol. The summed E-state index contributed by atoms with van der Waals surface area (Å²) in [5, 5.41) is 3.06. The van der Waals surface area contributed by atoms with E-state index < -0.39 is 5.92 Å². The number of amides is 2. The van der Waals surface area contributed by atoms with Gasteiger partial charge in [-0.3, -0.25) is 14.5 Å². The molecule has 5 nitrogen and oxygen atoms in total. The summed E-state index contributed by atoms with van der Waals surface area (Å²) in [7, 11) is 0. The molecule has 1 saturated carbocycles. The Labute approximate surface area is 141 Å². The Balaban J connectivity index is 1.41. The lowest BCUT2D eigenvalue weighted by Crippen LogP contribution is -2.46. The third-order valence-corrected chi connectivity index (χ3v) is 5.52. The summed E-state index contributed by atoms with van der Waals surface area (Å²) in [6, 6.07) is 0.313. The standard InChI is InChI=1S/C17H27F2N3O2/c18-17(19)6-9-22(10-7-17)16(24)13-5-8-21(11-13)12-15(23)20-14-3-1-2-4-14/h13-14H,1-12H2,(H,20,23). The smallest absolute Gasteiger partial charge is 0.251 e. The Morgan fingerprint density at radius 1 is 1.04 bits per heavy atom. The van der Waals surface area contributed by atoms with Crippen molar-refractivity contribution in [3.8, 4) is 0 Å². The van der Waals surface area contributed by atoms with Crippen LogP contribution in [0.2, 0.25) is 0 Å². The number of nitrogens with zero attached hydrogens (tertiary/aromatic N) is 2. The zero-order valence-electron chi connectivity index (χ0n) is 14.1. The number of nitrogens with one attached hydrogen (secondary N) is 1. The van der Waals surface area contributed by atoms with Crippen LogP contribution in [0.25, 0.3) is 0 Å². The Morgan fingerprint density at radius 3 is 2.38 bits per heavy atom. The lowest BCUT2D eigenvalue weighted by atomic mass is 10.0. The largest absolute Gasteiger partial charge is 0.352 e. The van der Waals surface area contributed by atoms with E-state index in [4.69, 9.17) is 0 Å². The van der Waals surface area contributed by atoms with Crippen LogP contribution >= 0.6 is 0 Å². The summed E-state index contributed by atoms with van der Waals surface area (Å²) in [4.78, 5) is 28.1. The van der Waals surface area contributed by atoms with Crippen LogP contribution in [-0.2, 0) is 9.59 Å². The van der Waals surface area contributed by atoms with E-state index in [2.05, 4.69) is 5.32 Å². The maximum absolute atomic E-state index is 13.2. The van der Waals surface area contributed by atoms with Gasteiger partial charge in [0, 0.05) is 38.5 Å². The summed E-state index contributed by atoms with van der Waals surface area (Å²) >= 11 is 0. The average Bonchev–Trinajstić information content (AvgIpc) is 3.18. The number of alkyl halides is 2. The van der Waals surface area contributed by atoms with Gasteiger partial charge in [0.1, 0.15) is 0 Å². The minimum atomic E-state index is -2.63. The average molecular weight is 343 g/mol. The van der Waals surface area contributed by atoms with Crippen molar-refractivity contribution < 1.29 is 18.4 Å². The van der Waals surface area contributed by atoms with Gasteiger partial charge in [0.05, 0.1) is 12.5 Å². The molecule has 0 radical (unpaired) electrons. The highest BCUT2D eigenvalue weighted by Crippen LogP contribution is 2.29. The minimum Gasteiger partial charge on any atom is -0.352 e. The molecule has 3 aliphatic rings. The highest BCUT2D eigenvalue weighted by Gasteiger charge is 2.39. The Bertz CT molecular complexity index is 470. The van der Waals surface area contributed by atoms with E-state index in [-0.39, 0.29) is 43.7 Å². The van der Waals surface area contributed by atoms with Crippen LogP contribution in [0.4, 0.5) is 8.78 Å². The molecule has 136 valence electrons. The maximum Gasteiger partial charge on any atom is 0.251 e. The Morgan fingerprint density at radius 2 is 1.71 bits per heavy atom. The lowest BCUT2D eigenvalue weighted by molar-refractivity contribution is -0.141. The Hall–Kier alpha value is -1.24. The van der Waals surface area contributed by atoms with E-state index in [0.717, 1.165) is 19.4 Å². The van der Waals surface area contributed by atoms with Gasteiger partial charge in [-0.15, -0.1) is 0 Å². The van der Waals surface area contributed by atoms with Crippen molar-refractivity contribution in [2.24, 2.45) is 5.92 Å². The first-order valence-electron chi connectivity index (χ1n) is 9.11. The summed E-state index contributed by atoms with van der Waals surface area (Å²) in [5.74, 6) is -2.77. The maximum atomic E-state index is 13.2. The number of carbonyl (C=O) groups is 2. The molecule has 0 aromatic heterocycles. The molecule has 7 heteroatoms. The summed E-state index contributed by atoms with van der Waals surface area (Å²) in [5.41, 5.74) is 0. The van der Waals surface area contributed by atoms with E-state index in [0.29, 0.717) is 25.6 Å². The molecule has 1 unspecified atom stereocenters. The number of hydrogen-bond acceptors (Lipinski definition) is 3. The van der Waals surface area contributed by atoms with Crippen molar-refractivity contribution in [3.05, 3.63) is 0 Å². The molecule has 0 aromatic carbocycles. The SMILES string of the molecule is O=C(CN1CCC(C(=O)N2CCC(F)(F)CC2)C1)NC1CCCC1. The number of likely N-dealkylation sites (tertiary alicyclic amines) is 2. The predicted molar refractivity (Wildman–Crippen MR) is 85.7 cm³/mol. The quantitative estimate of drug-likeness (QED) is 0.844. The van der Waals surface area contributed by atoms with Crippen molar-refractivity contribution in [2.45, 2.75) is 56.9 Å². The van der Waals surface area contributed by atoms with E-state index in [1.807, 2.05) is 4.90 Å². The molecule has 2 saturated heterocycles. The van der Waals surface area contributed by atoms with Crippen molar-refractivity contribution in [2.75, 3.05) is 32.7 Å². The predicted octanol–water partition coefficient (Wildman–Crippen LogP) is 1.62.